The van der Waals surface area contributed by atoms with E-state index >= 15 is 0 Å². The van der Waals surface area contributed by atoms with Crippen molar-refractivity contribution in [1.29, 1.82) is 0 Å². The molecule has 1 aliphatic heterocycles. The predicted molar refractivity (Wildman–Crippen MR) is 97.9 cm³/mol. The molecule has 8 heteroatoms. The molecule has 8 nitrogen and oxygen atoms in total. The Labute approximate surface area is 153 Å². The van der Waals surface area contributed by atoms with Gasteiger partial charge in [-0.25, -0.2) is 0 Å². The fourth-order valence-electron chi connectivity index (χ4n) is 2.95. The number of nitro benzene ring substituents is 1. The number of nitrogens with zero attached hydrogens (tertiary/aromatic N) is 2. The topological polar surface area (TPSA) is 105 Å². The van der Waals surface area contributed by atoms with E-state index in [1.165, 1.54) is 37.1 Å². The van der Waals surface area contributed by atoms with Gasteiger partial charge in [-0.2, -0.15) is 0 Å². The molecular formula is C18H26N4O4. The summed E-state index contributed by atoms with van der Waals surface area (Å²) >= 11 is 0. The SMILES string of the molecule is CC1CCN(C(C)CNC(=O)CNC(=O)c2cccc([N+](=O)[O-])c2)CC1. The molecule has 0 aliphatic carbocycles. The molecule has 0 radical (unpaired) electrons. The normalized spacial score (nSPS) is 16.7. The summed E-state index contributed by atoms with van der Waals surface area (Å²) in [6.07, 6.45) is 2.36. The van der Waals surface area contributed by atoms with E-state index in [0.717, 1.165) is 19.0 Å². The van der Waals surface area contributed by atoms with Gasteiger partial charge >= 0.3 is 0 Å². The molecule has 1 aromatic carbocycles. The Morgan fingerprint density at radius 1 is 1.31 bits per heavy atom. The summed E-state index contributed by atoms with van der Waals surface area (Å²) in [5.74, 6) is -0.0278. The Hall–Kier alpha value is -2.48. The summed E-state index contributed by atoms with van der Waals surface area (Å²) < 4.78 is 0. The van der Waals surface area contributed by atoms with Gasteiger partial charge in [0.2, 0.25) is 5.91 Å². The third kappa shape index (κ3) is 5.80. The van der Waals surface area contributed by atoms with Crippen LogP contribution in [0.1, 0.15) is 37.0 Å². The first kappa shape index (κ1) is 19.8. The predicted octanol–water partition coefficient (Wildman–Crippen LogP) is 1.56. The molecule has 0 saturated carbocycles. The van der Waals surface area contributed by atoms with Crippen LogP contribution in [0, 0.1) is 16.0 Å². The molecule has 0 aromatic heterocycles. The lowest BCUT2D eigenvalue weighted by Gasteiger charge is -2.35. The minimum atomic E-state index is -0.563. The van der Waals surface area contributed by atoms with Crippen molar-refractivity contribution in [3.8, 4) is 0 Å². The van der Waals surface area contributed by atoms with Crippen LogP contribution in [0.4, 0.5) is 5.69 Å². The number of amides is 2. The lowest BCUT2D eigenvalue weighted by Crippen LogP contribution is -2.47. The Kier molecular flexibility index (Phi) is 7.08. The molecule has 26 heavy (non-hydrogen) atoms. The number of carbonyl (C=O) groups is 2. The number of hydrogen-bond acceptors (Lipinski definition) is 5. The fraction of sp³-hybridized carbons (Fsp3) is 0.556. The highest BCUT2D eigenvalue weighted by atomic mass is 16.6. The lowest BCUT2D eigenvalue weighted by atomic mass is 9.98. The van der Waals surface area contributed by atoms with Gasteiger partial charge in [0, 0.05) is 30.3 Å². The van der Waals surface area contributed by atoms with Crippen LogP contribution in [0.25, 0.3) is 0 Å². The van der Waals surface area contributed by atoms with E-state index in [1.54, 1.807) is 0 Å². The molecule has 1 fully saturated rings. The minimum Gasteiger partial charge on any atom is -0.353 e. The molecule has 1 atom stereocenters. The summed E-state index contributed by atoms with van der Waals surface area (Å²) in [4.78, 5) is 36.5. The van der Waals surface area contributed by atoms with Crippen LogP contribution in [0.2, 0.25) is 0 Å². The largest absolute Gasteiger partial charge is 0.353 e. The van der Waals surface area contributed by atoms with Gasteiger partial charge in [0.15, 0.2) is 0 Å². The Morgan fingerprint density at radius 2 is 2.00 bits per heavy atom. The van der Waals surface area contributed by atoms with Crippen molar-refractivity contribution in [3.63, 3.8) is 0 Å². The average molecular weight is 362 g/mol. The molecule has 1 aliphatic rings. The molecule has 2 rings (SSSR count). The van der Waals surface area contributed by atoms with Gasteiger partial charge in [0.05, 0.1) is 11.5 Å². The molecule has 0 bridgehead atoms. The highest BCUT2D eigenvalue weighted by Gasteiger charge is 2.20. The lowest BCUT2D eigenvalue weighted by molar-refractivity contribution is -0.384. The van der Waals surface area contributed by atoms with Crippen LogP contribution < -0.4 is 10.6 Å². The van der Waals surface area contributed by atoms with E-state index < -0.39 is 10.8 Å². The van der Waals surface area contributed by atoms with Gasteiger partial charge in [-0.15, -0.1) is 0 Å². The maximum Gasteiger partial charge on any atom is 0.270 e. The number of non-ortho nitro benzene ring substituents is 1. The minimum absolute atomic E-state index is 0.155. The number of piperidine rings is 1. The first-order valence-electron chi connectivity index (χ1n) is 8.90. The third-order valence-electron chi connectivity index (χ3n) is 4.76. The maximum atomic E-state index is 12.0. The number of carbonyl (C=O) groups excluding carboxylic acids is 2. The van der Waals surface area contributed by atoms with Crippen molar-refractivity contribution >= 4 is 17.5 Å². The van der Waals surface area contributed by atoms with Crippen molar-refractivity contribution in [2.75, 3.05) is 26.2 Å². The van der Waals surface area contributed by atoms with Crippen LogP contribution in [0.15, 0.2) is 24.3 Å². The van der Waals surface area contributed by atoms with Crippen LogP contribution >= 0.6 is 0 Å². The smallest absolute Gasteiger partial charge is 0.270 e. The Bertz CT molecular complexity index is 656. The first-order chi connectivity index (χ1) is 12.4. The zero-order valence-corrected chi connectivity index (χ0v) is 15.2. The van der Waals surface area contributed by atoms with Gasteiger partial charge < -0.3 is 10.6 Å². The second-order valence-corrected chi connectivity index (χ2v) is 6.86. The van der Waals surface area contributed by atoms with Crippen LogP contribution in [-0.2, 0) is 4.79 Å². The summed E-state index contributed by atoms with van der Waals surface area (Å²) in [7, 11) is 0. The molecule has 0 spiro atoms. The molecule has 2 amide bonds. The van der Waals surface area contributed by atoms with Crippen LogP contribution in [-0.4, -0.2) is 53.9 Å². The second-order valence-electron chi connectivity index (χ2n) is 6.86. The van der Waals surface area contributed by atoms with Gasteiger partial charge in [-0.3, -0.25) is 24.6 Å². The highest BCUT2D eigenvalue weighted by molar-refractivity contribution is 5.96. The third-order valence-corrected chi connectivity index (χ3v) is 4.76. The zero-order chi connectivity index (χ0) is 19.1. The van der Waals surface area contributed by atoms with Crippen LogP contribution in [0.5, 0.6) is 0 Å². The molecular weight excluding hydrogens is 336 g/mol. The average Bonchev–Trinajstić information content (AvgIpc) is 2.64. The number of nitro groups is 1. The summed E-state index contributed by atoms with van der Waals surface area (Å²) in [5.41, 5.74) is -0.00502. The number of hydrogen-bond donors (Lipinski definition) is 2. The van der Waals surface area contributed by atoms with Gasteiger partial charge in [0.25, 0.3) is 11.6 Å². The summed E-state index contributed by atoms with van der Waals surface area (Å²) in [6.45, 7) is 6.79. The molecule has 1 saturated heterocycles. The van der Waals surface area contributed by atoms with Crippen molar-refractivity contribution in [1.82, 2.24) is 15.5 Å². The van der Waals surface area contributed by atoms with E-state index in [9.17, 15) is 19.7 Å². The quantitative estimate of drug-likeness (QED) is 0.566. The Balaban J connectivity index is 1.73. The van der Waals surface area contributed by atoms with E-state index in [-0.39, 0.29) is 29.7 Å². The summed E-state index contributed by atoms with van der Waals surface area (Å²) in [5, 5.41) is 16.1. The standard InChI is InChI=1S/C18H26N4O4/c1-13-6-8-21(9-7-13)14(2)11-19-17(23)12-20-18(24)15-4-3-5-16(10-15)22(25)26/h3-5,10,13-14H,6-9,11-12H2,1-2H3,(H,19,23)(H,20,24). The summed E-state index contributed by atoms with van der Waals surface area (Å²) in [6, 6.07) is 5.66. The molecule has 1 aromatic rings. The number of nitrogens with one attached hydrogen (secondary N) is 2. The van der Waals surface area contributed by atoms with Crippen molar-refractivity contribution < 1.29 is 14.5 Å². The first-order valence-corrected chi connectivity index (χ1v) is 8.90. The van der Waals surface area contributed by atoms with E-state index in [0.29, 0.717) is 6.54 Å². The van der Waals surface area contributed by atoms with Crippen molar-refractivity contribution in [2.45, 2.75) is 32.7 Å². The maximum absolute atomic E-state index is 12.0. The van der Waals surface area contributed by atoms with E-state index in [2.05, 4.69) is 29.4 Å². The highest BCUT2D eigenvalue weighted by Crippen LogP contribution is 2.17. The van der Waals surface area contributed by atoms with Crippen molar-refractivity contribution in [2.24, 2.45) is 5.92 Å². The second kappa shape index (κ2) is 9.28. The van der Waals surface area contributed by atoms with E-state index in [1.807, 2.05) is 0 Å². The van der Waals surface area contributed by atoms with Gasteiger partial charge in [-0.05, 0) is 44.8 Å². The number of benzene rings is 1. The number of likely N-dealkylation sites (tertiary alicyclic amines) is 1. The Morgan fingerprint density at radius 3 is 2.65 bits per heavy atom. The monoisotopic (exact) mass is 362 g/mol. The molecule has 1 unspecified atom stereocenters. The van der Waals surface area contributed by atoms with Crippen LogP contribution in [0.3, 0.4) is 0 Å². The van der Waals surface area contributed by atoms with E-state index in [4.69, 9.17) is 0 Å². The van der Waals surface area contributed by atoms with Gasteiger partial charge in [0.1, 0.15) is 0 Å². The van der Waals surface area contributed by atoms with Crippen molar-refractivity contribution in [3.05, 3.63) is 39.9 Å². The zero-order valence-electron chi connectivity index (χ0n) is 15.2. The van der Waals surface area contributed by atoms with Gasteiger partial charge in [-0.1, -0.05) is 13.0 Å². The molecule has 2 N–H and O–H groups in total. The number of rotatable bonds is 7. The molecule has 142 valence electrons. The molecule has 1 heterocycles. The fourth-order valence-corrected chi connectivity index (χ4v) is 2.95.